The molecule has 1 aliphatic heterocycles. The van der Waals surface area contributed by atoms with E-state index in [2.05, 4.69) is 0 Å². The molecule has 0 spiro atoms. The minimum absolute atomic E-state index is 0.000166. The molecule has 5 rings (SSSR count). The lowest BCUT2D eigenvalue weighted by atomic mass is 10.1. The van der Waals surface area contributed by atoms with Crippen molar-refractivity contribution >= 4 is 22.6 Å². The molecule has 0 bridgehead atoms. The summed E-state index contributed by atoms with van der Waals surface area (Å²) in [5.74, 6) is -1.69. The van der Waals surface area contributed by atoms with E-state index in [0.717, 1.165) is 5.56 Å². The number of alkyl halides is 3. The summed E-state index contributed by atoms with van der Waals surface area (Å²) >= 11 is 6.18. The van der Waals surface area contributed by atoms with Gasteiger partial charge in [0.25, 0.3) is 5.76 Å². The molecule has 0 unspecified atom stereocenters. The molecule has 1 aromatic heterocycles. The van der Waals surface area contributed by atoms with Crippen LogP contribution in [0.4, 0.5) is 13.2 Å². The van der Waals surface area contributed by atoms with Crippen LogP contribution in [0.5, 0.6) is 28.7 Å². The summed E-state index contributed by atoms with van der Waals surface area (Å²) < 4.78 is 74.5. The lowest BCUT2D eigenvalue weighted by molar-refractivity contribution is -0.154. The summed E-state index contributed by atoms with van der Waals surface area (Å²) in [5.41, 5.74) is 0.0712. The zero-order valence-corrected chi connectivity index (χ0v) is 20.7. The molecule has 0 radical (unpaired) electrons. The monoisotopic (exact) mass is 548 g/mol. The van der Waals surface area contributed by atoms with Gasteiger partial charge >= 0.3 is 6.18 Å². The third kappa shape index (κ3) is 5.23. The van der Waals surface area contributed by atoms with Crippen LogP contribution in [0.2, 0.25) is 5.02 Å². The Morgan fingerprint density at radius 1 is 1.03 bits per heavy atom. The van der Waals surface area contributed by atoms with E-state index >= 15 is 0 Å². The van der Waals surface area contributed by atoms with Crippen molar-refractivity contribution < 1.29 is 41.3 Å². The van der Waals surface area contributed by atoms with Gasteiger partial charge in [0.05, 0.1) is 18.6 Å². The van der Waals surface area contributed by atoms with E-state index in [1.165, 1.54) is 30.3 Å². The van der Waals surface area contributed by atoms with Crippen LogP contribution in [0, 0.1) is 0 Å². The Labute approximate surface area is 219 Å². The van der Waals surface area contributed by atoms with E-state index in [0.29, 0.717) is 22.9 Å². The maximum atomic E-state index is 14.0. The van der Waals surface area contributed by atoms with Gasteiger partial charge in [0.2, 0.25) is 11.2 Å². The average molecular weight is 549 g/mol. The van der Waals surface area contributed by atoms with Crippen LogP contribution in [0.15, 0.2) is 63.8 Å². The fourth-order valence-corrected chi connectivity index (χ4v) is 4.23. The van der Waals surface area contributed by atoms with Crippen molar-refractivity contribution in [2.24, 2.45) is 0 Å². The van der Waals surface area contributed by atoms with Gasteiger partial charge in [-0.05, 0) is 43.3 Å². The number of benzene rings is 3. The second-order valence-electron chi connectivity index (χ2n) is 8.18. The molecule has 1 aliphatic rings. The van der Waals surface area contributed by atoms with Crippen molar-refractivity contribution in [1.29, 1.82) is 0 Å². The topological polar surface area (TPSA) is 76.4 Å². The molecular weight excluding hydrogens is 529 g/mol. The summed E-state index contributed by atoms with van der Waals surface area (Å²) in [4.78, 5) is 13.1. The van der Waals surface area contributed by atoms with Crippen molar-refractivity contribution in [1.82, 2.24) is 0 Å². The fraction of sp³-hybridized carbons (Fsp3) is 0.222. The second kappa shape index (κ2) is 10.5. The number of hydrogen-bond donors (Lipinski definition) is 0. The van der Waals surface area contributed by atoms with Crippen LogP contribution in [0.3, 0.4) is 0 Å². The van der Waals surface area contributed by atoms with Gasteiger partial charge in [-0.25, -0.2) is 0 Å². The quantitative estimate of drug-likeness (QED) is 0.244. The molecule has 0 amide bonds. The van der Waals surface area contributed by atoms with Crippen molar-refractivity contribution in [2.75, 3.05) is 13.4 Å². The Hall–Kier alpha value is -3.89. The summed E-state index contributed by atoms with van der Waals surface area (Å²) in [7, 11) is 0. The van der Waals surface area contributed by atoms with Gasteiger partial charge < -0.3 is 28.1 Å². The molecule has 0 saturated carbocycles. The van der Waals surface area contributed by atoms with E-state index in [1.54, 1.807) is 31.2 Å². The molecule has 0 aliphatic carbocycles. The predicted octanol–water partition coefficient (Wildman–Crippen LogP) is 7.10. The van der Waals surface area contributed by atoms with Crippen molar-refractivity contribution in [3.63, 3.8) is 0 Å². The minimum Gasteiger partial charge on any atom is -0.490 e. The lowest BCUT2D eigenvalue weighted by Gasteiger charge is -2.21. The minimum atomic E-state index is -5.01. The molecular formula is C27H20ClF3O7. The van der Waals surface area contributed by atoms with E-state index < -0.39 is 23.1 Å². The number of halogens is 4. The molecule has 11 heteroatoms. The maximum absolute atomic E-state index is 14.0. The predicted molar refractivity (Wildman–Crippen MR) is 131 cm³/mol. The maximum Gasteiger partial charge on any atom is 0.453 e. The molecule has 0 atom stereocenters. The zero-order valence-electron chi connectivity index (χ0n) is 19.9. The highest BCUT2D eigenvalue weighted by Crippen LogP contribution is 2.40. The Morgan fingerprint density at radius 2 is 1.82 bits per heavy atom. The first-order chi connectivity index (χ1) is 18.2. The third-order valence-corrected chi connectivity index (χ3v) is 5.80. The first-order valence-corrected chi connectivity index (χ1v) is 11.8. The van der Waals surface area contributed by atoms with E-state index in [4.69, 9.17) is 39.7 Å². The molecule has 2 heterocycles. The SMILES string of the molecule is CCOc1ccccc1Oc1c(C(F)(F)F)oc2cc(OCc3cc(Cl)cc4c3OCOC4)ccc2c1=O. The number of hydrogen-bond acceptors (Lipinski definition) is 7. The normalized spacial score (nSPS) is 13.1. The molecule has 0 saturated heterocycles. The van der Waals surface area contributed by atoms with Gasteiger partial charge in [-0.3, -0.25) is 4.79 Å². The van der Waals surface area contributed by atoms with Crippen LogP contribution in [-0.2, 0) is 24.1 Å². The summed E-state index contributed by atoms with van der Waals surface area (Å²) in [6.45, 7) is 2.36. The van der Waals surface area contributed by atoms with Crippen LogP contribution < -0.4 is 24.4 Å². The molecule has 38 heavy (non-hydrogen) atoms. The van der Waals surface area contributed by atoms with E-state index in [-0.39, 0.29) is 48.2 Å². The van der Waals surface area contributed by atoms with Gasteiger partial charge in [-0.1, -0.05) is 23.7 Å². The standard InChI is InChI=1S/C27H20ClF3O7/c1-2-34-20-5-3-4-6-21(20)37-25-23(32)19-8-7-18(11-22(19)38-26(25)27(29,30)31)35-13-16-10-17(28)9-15-12-33-14-36-24(15)16/h3-11H,2,12-14H2,1H3. The fourth-order valence-electron chi connectivity index (χ4n) is 3.97. The highest BCUT2D eigenvalue weighted by molar-refractivity contribution is 6.30. The largest absolute Gasteiger partial charge is 0.490 e. The number of para-hydroxylation sites is 2. The van der Waals surface area contributed by atoms with Crippen LogP contribution in [0.25, 0.3) is 11.0 Å². The molecule has 0 fully saturated rings. The summed E-state index contributed by atoms with van der Waals surface area (Å²) in [6, 6.07) is 13.5. The number of fused-ring (bicyclic) bond motifs is 2. The second-order valence-corrected chi connectivity index (χ2v) is 8.62. The average Bonchev–Trinajstić information content (AvgIpc) is 2.89. The van der Waals surface area contributed by atoms with Crippen molar-refractivity contribution in [2.45, 2.75) is 26.3 Å². The Bertz CT molecular complexity index is 1550. The van der Waals surface area contributed by atoms with Gasteiger partial charge in [0.1, 0.15) is 23.7 Å². The van der Waals surface area contributed by atoms with E-state index in [9.17, 15) is 18.0 Å². The first-order valence-electron chi connectivity index (χ1n) is 11.5. The molecule has 198 valence electrons. The molecule has 3 aromatic carbocycles. The highest BCUT2D eigenvalue weighted by Gasteiger charge is 2.40. The molecule has 4 aromatic rings. The number of rotatable bonds is 7. The van der Waals surface area contributed by atoms with E-state index in [1.807, 2.05) is 0 Å². The van der Waals surface area contributed by atoms with Crippen LogP contribution >= 0.6 is 11.6 Å². The zero-order chi connectivity index (χ0) is 26.9. The lowest BCUT2D eigenvalue weighted by Crippen LogP contribution is -2.16. The van der Waals surface area contributed by atoms with Gasteiger partial charge in [-0.15, -0.1) is 0 Å². The van der Waals surface area contributed by atoms with Gasteiger partial charge in [0, 0.05) is 22.2 Å². The summed E-state index contributed by atoms with van der Waals surface area (Å²) in [6.07, 6.45) is -5.01. The molecule has 7 nitrogen and oxygen atoms in total. The Kier molecular flexibility index (Phi) is 7.09. The van der Waals surface area contributed by atoms with Gasteiger partial charge in [-0.2, -0.15) is 13.2 Å². The summed E-state index contributed by atoms with van der Waals surface area (Å²) in [5, 5.41) is 0.337. The third-order valence-electron chi connectivity index (χ3n) is 5.59. The first kappa shape index (κ1) is 25.7. The molecule has 0 N–H and O–H groups in total. The Morgan fingerprint density at radius 3 is 2.58 bits per heavy atom. The van der Waals surface area contributed by atoms with Crippen LogP contribution in [-0.4, -0.2) is 13.4 Å². The Balaban J connectivity index is 1.50. The van der Waals surface area contributed by atoms with Gasteiger partial charge in [0.15, 0.2) is 18.3 Å². The smallest absolute Gasteiger partial charge is 0.453 e. The number of ether oxygens (including phenoxy) is 5. The highest BCUT2D eigenvalue weighted by atomic mass is 35.5. The van der Waals surface area contributed by atoms with Crippen molar-refractivity contribution in [3.8, 4) is 28.7 Å². The van der Waals surface area contributed by atoms with Crippen molar-refractivity contribution in [3.05, 3.63) is 86.7 Å². The van der Waals surface area contributed by atoms with Crippen LogP contribution in [0.1, 0.15) is 23.8 Å².